The molecule has 21 heavy (non-hydrogen) atoms. The van der Waals surface area contributed by atoms with Crippen molar-refractivity contribution >= 4 is 5.97 Å². The zero-order valence-corrected chi connectivity index (χ0v) is 12.8. The largest absolute Gasteiger partial charge is 0.481 e. The molecule has 0 aliphatic heterocycles. The van der Waals surface area contributed by atoms with Gasteiger partial charge in [-0.1, -0.05) is 31.4 Å². The third-order valence-corrected chi connectivity index (χ3v) is 4.95. The van der Waals surface area contributed by atoms with Gasteiger partial charge in [0.25, 0.3) is 0 Å². The highest BCUT2D eigenvalue weighted by molar-refractivity contribution is 5.68. The number of carboxylic acid groups (broad SMARTS) is 1. The van der Waals surface area contributed by atoms with Crippen molar-refractivity contribution in [2.45, 2.75) is 57.0 Å². The predicted octanol–water partition coefficient (Wildman–Crippen LogP) is 4.00. The van der Waals surface area contributed by atoms with Crippen LogP contribution in [0.5, 0.6) is 0 Å². The minimum absolute atomic E-state index is 0.0723. The molecule has 116 valence electrons. The number of rotatable bonds is 5. The molecule has 1 aromatic rings. The summed E-state index contributed by atoms with van der Waals surface area (Å²) in [5.74, 6) is -0.985. The van der Waals surface area contributed by atoms with E-state index in [1.54, 1.807) is 12.1 Å². The van der Waals surface area contributed by atoms with Gasteiger partial charge < -0.3 is 5.11 Å². The smallest absolute Gasteiger partial charge is 0.305 e. The minimum atomic E-state index is -0.741. The first-order chi connectivity index (χ1) is 9.94. The molecule has 0 spiro atoms. The summed E-state index contributed by atoms with van der Waals surface area (Å²) in [5, 5.41) is 9.29. The van der Waals surface area contributed by atoms with Crippen LogP contribution in [0.4, 0.5) is 4.39 Å². The van der Waals surface area contributed by atoms with Crippen molar-refractivity contribution in [1.29, 1.82) is 0 Å². The maximum absolute atomic E-state index is 13.1. The highest BCUT2D eigenvalue weighted by Gasteiger charge is 2.40. The van der Waals surface area contributed by atoms with E-state index < -0.39 is 5.97 Å². The van der Waals surface area contributed by atoms with Gasteiger partial charge >= 0.3 is 5.97 Å². The Labute approximate surface area is 125 Å². The van der Waals surface area contributed by atoms with Crippen LogP contribution in [0.1, 0.15) is 57.1 Å². The molecule has 0 heterocycles. The molecule has 1 saturated carbocycles. The summed E-state index contributed by atoms with van der Waals surface area (Å²) in [7, 11) is 2.00. The second-order valence-corrected chi connectivity index (χ2v) is 6.19. The van der Waals surface area contributed by atoms with Gasteiger partial charge in [0.15, 0.2) is 0 Å². The van der Waals surface area contributed by atoms with Crippen molar-refractivity contribution in [1.82, 2.24) is 4.90 Å². The molecular formula is C17H24FNO2. The second-order valence-electron chi connectivity index (χ2n) is 6.19. The molecule has 0 amide bonds. The zero-order valence-electron chi connectivity index (χ0n) is 12.8. The van der Waals surface area contributed by atoms with Gasteiger partial charge in [-0.2, -0.15) is 0 Å². The monoisotopic (exact) mass is 293 g/mol. The number of carboxylic acids is 1. The van der Waals surface area contributed by atoms with E-state index in [1.807, 2.05) is 7.05 Å². The molecule has 1 aliphatic rings. The first-order valence-corrected chi connectivity index (χ1v) is 7.65. The minimum Gasteiger partial charge on any atom is -0.481 e. The van der Waals surface area contributed by atoms with Crippen LogP contribution in [0.25, 0.3) is 0 Å². The van der Waals surface area contributed by atoms with Gasteiger partial charge in [0.05, 0.1) is 6.42 Å². The van der Waals surface area contributed by atoms with E-state index in [0.29, 0.717) is 0 Å². The van der Waals surface area contributed by atoms with Gasteiger partial charge in [0.2, 0.25) is 0 Å². The summed E-state index contributed by atoms with van der Waals surface area (Å²) in [6.45, 7) is 2.06. The molecular weight excluding hydrogens is 269 g/mol. The van der Waals surface area contributed by atoms with Crippen molar-refractivity contribution in [2.24, 2.45) is 0 Å². The number of hydrogen-bond donors (Lipinski definition) is 1. The number of nitrogens with zero attached hydrogens (tertiary/aromatic N) is 1. The first kappa shape index (κ1) is 16.0. The van der Waals surface area contributed by atoms with Gasteiger partial charge in [0, 0.05) is 11.6 Å². The number of carbonyl (C=O) groups is 1. The maximum Gasteiger partial charge on any atom is 0.305 e. The Morgan fingerprint density at radius 3 is 2.38 bits per heavy atom. The van der Waals surface area contributed by atoms with E-state index in [0.717, 1.165) is 31.2 Å². The zero-order chi connectivity index (χ0) is 15.5. The Bertz CT molecular complexity index is 480. The summed E-state index contributed by atoms with van der Waals surface area (Å²) in [5.41, 5.74) is 0.743. The third kappa shape index (κ3) is 3.62. The molecule has 1 aliphatic carbocycles. The number of halogens is 1. The number of aliphatic carboxylic acids is 1. The summed E-state index contributed by atoms with van der Waals surface area (Å²) in [6.07, 6.45) is 5.35. The molecule has 4 heteroatoms. The van der Waals surface area contributed by atoms with Crippen LogP contribution in [0.15, 0.2) is 24.3 Å². The fourth-order valence-electron chi connectivity index (χ4n) is 3.52. The van der Waals surface area contributed by atoms with Crippen LogP contribution in [0.2, 0.25) is 0 Å². The standard InChI is InChI=1S/C17H24FNO2/c1-13(14-6-8-15(18)9-7-14)19(2)17(12-16(20)21)10-4-3-5-11-17/h6-9,13H,3-5,10-12H2,1-2H3,(H,20,21). The van der Waals surface area contributed by atoms with Gasteiger partial charge in [-0.15, -0.1) is 0 Å². The van der Waals surface area contributed by atoms with Crippen molar-refractivity contribution < 1.29 is 14.3 Å². The predicted molar refractivity (Wildman–Crippen MR) is 80.6 cm³/mol. The molecule has 2 rings (SSSR count). The van der Waals surface area contributed by atoms with Gasteiger partial charge in [-0.05, 0) is 44.5 Å². The first-order valence-electron chi connectivity index (χ1n) is 7.65. The Balaban J connectivity index is 2.22. The second kappa shape index (κ2) is 6.56. The lowest BCUT2D eigenvalue weighted by Crippen LogP contribution is -2.50. The SMILES string of the molecule is CC(c1ccc(F)cc1)N(C)C1(CC(=O)O)CCCCC1. The van der Waals surface area contributed by atoms with E-state index in [2.05, 4.69) is 11.8 Å². The van der Waals surface area contributed by atoms with Gasteiger partial charge in [-0.3, -0.25) is 9.69 Å². The van der Waals surface area contributed by atoms with Crippen LogP contribution in [-0.4, -0.2) is 28.6 Å². The fraction of sp³-hybridized carbons (Fsp3) is 0.588. The fourth-order valence-corrected chi connectivity index (χ4v) is 3.52. The normalized spacial score (nSPS) is 19.4. The highest BCUT2D eigenvalue weighted by Crippen LogP contribution is 2.40. The number of hydrogen-bond acceptors (Lipinski definition) is 2. The quantitative estimate of drug-likeness (QED) is 0.892. The molecule has 1 fully saturated rings. The van der Waals surface area contributed by atoms with Crippen molar-refractivity contribution in [3.8, 4) is 0 Å². The van der Waals surface area contributed by atoms with Crippen LogP contribution >= 0.6 is 0 Å². The van der Waals surface area contributed by atoms with Crippen molar-refractivity contribution in [2.75, 3.05) is 7.05 Å². The Morgan fingerprint density at radius 2 is 1.86 bits per heavy atom. The maximum atomic E-state index is 13.1. The van der Waals surface area contributed by atoms with E-state index in [-0.39, 0.29) is 23.8 Å². The van der Waals surface area contributed by atoms with Gasteiger partial charge in [0.1, 0.15) is 5.82 Å². The molecule has 0 saturated heterocycles. The molecule has 0 aromatic heterocycles. The lowest BCUT2D eigenvalue weighted by atomic mass is 9.77. The van der Waals surface area contributed by atoms with E-state index in [4.69, 9.17) is 0 Å². The molecule has 3 nitrogen and oxygen atoms in total. The molecule has 1 N–H and O–H groups in total. The lowest BCUT2D eigenvalue weighted by molar-refractivity contribution is -0.141. The van der Waals surface area contributed by atoms with E-state index in [1.165, 1.54) is 18.6 Å². The molecule has 0 radical (unpaired) electrons. The average molecular weight is 293 g/mol. The van der Waals surface area contributed by atoms with E-state index >= 15 is 0 Å². The average Bonchev–Trinajstić information content (AvgIpc) is 2.47. The molecule has 0 bridgehead atoms. The Morgan fingerprint density at radius 1 is 1.29 bits per heavy atom. The third-order valence-electron chi connectivity index (χ3n) is 4.95. The summed E-state index contributed by atoms with van der Waals surface area (Å²) >= 11 is 0. The van der Waals surface area contributed by atoms with Crippen molar-refractivity contribution in [3.05, 3.63) is 35.6 Å². The van der Waals surface area contributed by atoms with Crippen LogP contribution in [-0.2, 0) is 4.79 Å². The van der Waals surface area contributed by atoms with Crippen LogP contribution < -0.4 is 0 Å². The lowest BCUT2D eigenvalue weighted by Gasteiger charge is -2.47. The topological polar surface area (TPSA) is 40.5 Å². The van der Waals surface area contributed by atoms with Crippen LogP contribution in [0.3, 0.4) is 0 Å². The molecule has 1 aromatic carbocycles. The van der Waals surface area contributed by atoms with E-state index in [9.17, 15) is 14.3 Å². The summed E-state index contributed by atoms with van der Waals surface area (Å²) in [4.78, 5) is 13.5. The van der Waals surface area contributed by atoms with Gasteiger partial charge in [-0.25, -0.2) is 4.39 Å². The Kier molecular flexibility index (Phi) is 4.99. The van der Waals surface area contributed by atoms with Crippen LogP contribution in [0, 0.1) is 5.82 Å². The summed E-state index contributed by atoms with van der Waals surface area (Å²) in [6, 6.07) is 6.57. The Hall–Kier alpha value is -1.42. The number of benzene rings is 1. The molecule has 1 atom stereocenters. The highest BCUT2D eigenvalue weighted by atomic mass is 19.1. The molecule has 1 unspecified atom stereocenters. The van der Waals surface area contributed by atoms with Crippen molar-refractivity contribution in [3.63, 3.8) is 0 Å². The summed E-state index contributed by atoms with van der Waals surface area (Å²) < 4.78 is 13.1.